The number of aromatic nitrogens is 2. The summed E-state index contributed by atoms with van der Waals surface area (Å²) >= 11 is 10.6. The average molecular weight is 506 g/mol. The van der Waals surface area contributed by atoms with Crippen molar-refractivity contribution < 1.29 is 4.79 Å². The normalized spacial score (nSPS) is 15.2. The summed E-state index contributed by atoms with van der Waals surface area (Å²) in [4.78, 5) is 32.3. The molecule has 3 aromatic rings. The Morgan fingerprint density at radius 2 is 1.89 bits per heavy atom. The third-order valence-corrected chi connectivity index (χ3v) is 6.73. The first-order chi connectivity index (χ1) is 17.0. The molecule has 0 bridgehead atoms. The van der Waals surface area contributed by atoms with Gasteiger partial charge in [0, 0.05) is 18.7 Å². The van der Waals surface area contributed by atoms with Gasteiger partial charge in [-0.25, -0.2) is 4.98 Å². The van der Waals surface area contributed by atoms with Crippen LogP contribution in [0.4, 0.5) is 0 Å². The number of likely N-dealkylation sites (tertiary alicyclic amines) is 1. The lowest BCUT2D eigenvalue weighted by atomic mass is 10.1. The van der Waals surface area contributed by atoms with Crippen LogP contribution in [0, 0.1) is 0 Å². The Hall–Kier alpha value is -3.09. The van der Waals surface area contributed by atoms with Crippen LogP contribution < -0.4 is 5.56 Å². The van der Waals surface area contributed by atoms with Gasteiger partial charge >= 0.3 is 0 Å². The number of fused-ring (bicyclic) bond motifs is 1. The van der Waals surface area contributed by atoms with Crippen LogP contribution in [0.15, 0.2) is 82.8 Å². The van der Waals surface area contributed by atoms with Crippen LogP contribution in [0.3, 0.4) is 0 Å². The molecular formula is C28H28ClN3O2S. The summed E-state index contributed by atoms with van der Waals surface area (Å²) in [6, 6.07) is 11.4. The Labute approximate surface area is 215 Å². The van der Waals surface area contributed by atoms with E-state index in [4.69, 9.17) is 11.6 Å². The second kappa shape index (κ2) is 11.6. The van der Waals surface area contributed by atoms with Crippen LogP contribution in [-0.2, 0) is 0 Å². The number of nitrogens with zero attached hydrogens (tertiary/aromatic N) is 3. The molecule has 2 aromatic carbocycles. The molecule has 1 atom stereocenters. The molecule has 1 aromatic heterocycles. The Bertz CT molecular complexity index is 1370. The number of halogens is 1. The van der Waals surface area contributed by atoms with Gasteiger partial charge in [0.1, 0.15) is 6.33 Å². The lowest BCUT2D eigenvalue weighted by Crippen LogP contribution is -2.27. The van der Waals surface area contributed by atoms with Gasteiger partial charge in [0.2, 0.25) is 0 Å². The Morgan fingerprint density at radius 1 is 1.14 bits per heavy atom. The largest absolute Gasteiger partial charge is 0.339 e. The predicted octanol–water partition coefficient (Wildman–Crippen LogP) is 6.05. The molecule has 1 unspecified atom stereocenters. The number of alkyl halides is 1. The predicted molar refractivity (Wildman–Crippen MR) is 147 cm³/mol. The van der Waals surface area contributed by atoms with Gasteiger partial charge in [-0.05, 0) is 67.3 Å². The van der Waals surface area contributed by atoms with Crippen molar-refractivity contribution in [3.05, 3.63) is 94.7 Å². The molecule has 0 saturated carbocycles. The maximum Gasteiger partial charge on any atom is 0.271 e. The molecule has 4 rings (SSSR count). The summed E-state index contributed by atoms with van der Waals surface area (Å²) in [5, 5.41) is 1.86. The van der Waals surface area contributed by atoms with Crippen molar-refractivity contribution in [2.24, 2.45) is 0 Å². The van der Waals surface area contributed by atoms with E-state index in [0.717, 1.165) is 43.1 Å². The fourth-order valence-corrected chi connectivity index (χ4v) is 4.59. The second-order valence-corrected chi connectivity index (χ2v) is 9.47. The number of carbonyl (C=O) groups is 1. The summed E-state index contributed by atoms with van der Waals surface area (Å²) in [5.41, 5.74) is 1.63. The highest BCUT2D eigenvalue weighted by Gasteiger charge is 2.19. The number of allylic oxidation sites excluding steroid dienone is 5. The number of hydrogen-bond donors (Lipinski definition) is 1. The van der Waals surface area contributed by atoms with Crippen molar-refractivity contribution in [1.82, 2.24) is 14.5 Å². The molecule has 0 spiro atoms. The van der Waals surface area contributed by atoms with Gasteiger partial charge < -0.3 is 4.90 Å². The second-order valence-electron chi connectivity index (χ2n) is 8.46. The number of benzene rings is 2. The van der Waals surface area contributed by atoms with Gasteiger partial charge in [0.25, 0.3) is 11.5 Å². The van der Waals surface area contributed by atoms with Crippen LogP contribution in [0.2, 0.25) is 0 Å². The number of rotatable bonds is 7. The number of hydrogen-bond acceptors (Lipinski definition) is 4. The van der Waals surface area contributed by atoms with E-state index in [-0.39, 0.29) is 21.7 Å². The molecule has 1 aliphatic rings. The molecule has 1 saturated heterocycles. The number of amides is 1. The topological polar surface area (TPSA) is 55.2 Å². The maximum absolute atomic E-state index is 13.0. The lowest BCUT2D eigenvalue weighted by molar-refractivity contribution is 0.0793. The zero-order valence-electron chi connectivity index (χ0n) is 19.6. The summed E-state index contributed by atoms with van der Waals surface area (Å²) < 4.78 is 1.48. The van der Waals surface area contributed by atoms with E-state index < -0.39 is 0 Å². The van der Waals surface area contributed by atoms with Gasteiger partial charge in [-0.3, -0.25) is 14.2 Å². The first kappa shape index (κ1) is 25.0. The summed E-state index contributed by atoms with van der Waals surface area (Å²) in [7, 11) is 0. The molecule has 1 amide bonds. The third kappa shape index (κ3) is 5.95. The van der Waals surface area contributed by atoms with Crippen LogP contribution >= 0.6 is 24.2 Å². The van der Waals surface area contributed by atoms with E-state index in [1.165, 1.54) is 10.9 Å². The molecule has 2 heterocycles. The minimum absolute atomic E-state index is 0.0359. The highest BCUT2D eigenvalue weighted by molar-refractivity contribution is 7.80. The number of thiol groups is 1. The minimum atomic E-state index is -0.249. The van der Waals surface area contributed by atoms with Crippen LogP contribution in [-0.4, -0.2) is 38.8 Å². The molecule has 7 heteroatoms. The molecular weight excluding hydrogens is 478 g/mol. The van der Waals surface area contributed by atoms with Crippen LogP contribution in [0.5, 0.6) is 0 Å². The number of carbonyl (C=O) groups excluding carboxylic acids is 1. The smallest absolute Gasteiger partial charge is 0.271 e. The van der Waals surface area contributed by atoms with Gasteiger partial charge in [-0.1, -0.05) is 42.5 Å². The highest BCUT2D eigenvalue weighted by Crippen LogP contribution is 2.22. The molecule has 1 aliphatic heterocycles. The lowest BCUT2D eigenvalue weighted by Gasteiger charge is -2.15. The van der Waals surface area contributed by atoms with E-state index in [0.29, 0.717) is 16.9 Å². The monoisotopic (exact) mass is 505 g/mol. The van der Waals surface area contributed by atoms with Gasteiger partial charge in [-0.2, -0.15) is 0 Å². The standard InChI is InChI=1S/C28H28ClN3O2S/c1-2-8-23(29)9-4-3-5-10-25-26(35)28(34)32(19-30-25)24-14-13-20-17-22(12-11-21(20)18-24)27(33)31-15-6-7-16-31/h2-5,8,10-14,17-19,23,35H,6-7,9,15-16H2,1H3/b4-3+,8-2-,10-5+. The van der Waals surface area contributed by atoms with Crippen molar-refractivity contribution in [3.8, 4) is 5.69 Å². The molecule has 0 N–H and O–H groups in total. The Morgan fingerprint density at radius 3 is 2.66 bits per heavy atom. The third-order valence-electron chi connectivity index (χ3n) is 5.98. The average Bonchev–Trinajstić information content (AvgIpc) is 3.40. The van der Waals surface area contributed by atoms with Crippen LogP contribution in [0.25, 0.3) is 22.5 Å². The van der Waals surface area contributed by atoms with E-state index >= 15 is 0 Å². The van der Waals surface area contributed by atoms with Gasteiger partial charge in [0.15, 0.2) is 0 Å². The van der Waals surface area contributed by atoms with E-state index in [2.05, 4.69) is 17.6 Å². The van der Waals surface area contributed by atoms with E-state index in [9.17, 15) is 9.59 Å². The van der Waals surface area contributed by atoms with Crippen molar-refractivity contribution in [2.45, 2.75) is 36.5 Å². The maximum atomic E-state index is 13.0. The quantitative estimate of drug-likeness (QED) is 0.184. The summed E-state index contributed by atoms with van der Waals surface area (Å²) in [6.45, 7) is 3.58. The molecule has 180 valence electrons. The molecule has 1 fully saturated rings. The fraction of sp³-hybridized carbons (Fsp3) is 0.250. The van der Waals surface area contributed by atoms with Crippen LogP contribution in [0.1, 0.15) is 42.2 Å². The van der Waals surface area contributed by atoms with Gasteiger partial charge in [0.05, 0.1) is 21.7 Å². The van der Waals surface area contributed by atoms with Crippen molar-refractivity contribution >= 4 is 47.0 Å². The minimum Gasteiger partial charge on any atom is -0.339 e. The van der Waals surface area contributed by atoms with Crippen molar-refractivity contribution in [3.63, 3.8) is 0 Å². The van der Waals surface area contributed by atoms with E-state index in [1.54, 1.807) is 6.08 Å². The molecule has 0 aliphatic carbocycles. The Balaban J connectivity index is 1.53. The SMILES string of the molecule is C/C=C\C(Cl)C/C=C/C=C/c1ncn(-c2ccc3cc(C(=O)N4CCCC4)ccc3c2)c(=O)c1S. The zero-order valence-corrected chi connectivity index (χ0v) is 21.3. The summed E-state index contributed by atoms with van der Waals surface area (Å²) in [5.74, 6) is 0.0763. The van der Waals surface area contributed by atoms with Gasteiger partial charge in [-0.15, -0.1) is 24.2 Å². The Kier molecular flexibility index (Phi) is 8.26. The van der Waals surface area contributed by atoms with Crippen molar-refractivity contribution in [1.29, 1.82) is 0 Å². The van der Waals surface area contributed by atoms with E-state index in [1.807, 2.05) is 78.6 Å². The molecule has 0 radical (unpaired) electrons. The highest BCUT2D eigenvalue weighted by atomic mass is 35.5. The zero-order chi connectivity index (χ0) is 24.8. The fourth-order valence-electron chi connectivity index (χ4n) is 4.10. The first-order valence-electron chi connectivity index (χ1n) is 11.7. The molecule has 35 heavy (non-hydrogen) atoms. The summed E-state index contributed by atoms with van der Waals surface area (Å²) in [6.07, 6.45) is 15.6. The van der Waals surface area contributed by atoms with Crippen molar-refractivity contribution in [2.75, 3.05) is 13.1 Å². The first-order valence-corrected chi connectivity index (χ1v) is 12.6. The molecule has 5 nitrogen and oxygen atoms in total.